The van der Waals surface area contributed by atoms with Gasteiger partial charge < -0.3 is 9.84 Å². The van der Waals surface area contributed by atoms with Gasteiger partial charge in [0.15, 0.2) is 0 Å². The third-order valence-electron chi connectivity index (χ3n) is 2.63. The molecule has 0 saturated heterocycles. The molecule has 0 aliphatic rings. The quantitative estimate of drug-likeness (QED) is 0.642. The number of ether oxygens (including phenoxy) is 1. The van der Waals surface area contributed by atoms with Crippen LogP contribution in [0.3, 0.4) is 0 Å². The van der Waals surface area contributed by atoms with Gasteiger partial charge in [0.1, 0.15) is 5.75 Å². The number of carbonyl (C=O) groups excluding carboxylic acids is 1. The normalized spacial score (nSPS) is 13.1. The molecule has 90 valence electrons. The van der Waals surface area contributed by atoms with Crippen LogP contribution in [0.4, 0.5) is 0 Å². The van der Waals surface area contributed by atoms with E-state index in [0.29, 0.717) is 0 Å². The molecule has 0 saturated carbocycles. The summed E-state index contributed by atoms with van der Waals surface area (Å²) in [6.07, 6.45) is 0. The summed E-state index contributed by atoms with van der Waals surface area (Å²) in [5.74, 6) is 5.18. The van der Waals surface area contributed by atoms with Crippen LogP contribution in [0.25, 0.3) is 0 Å². The second kappa shape index (κ2) is 5.95. The Labute approximate surface area is 101 Å². The SMILES string of the molecule is CC#CC(c1ccc(O)cc1)C(C)C(=O)OC. The van der Waals surface area contributed by atoms with Gasteiger partial charge in [0, 0.05) is 0 Å². The van der Waals surface area contributed by atoms with Gasteiger partial charge in [-0.3, -0.25) is 4.79 Å². The smallest absolute Gasteiger partial charge is 0.309 e. The fourth-order valence-corrected chi connectivity index (χ4v) is 1.66. The number of hydrogen-bond acceptors (Lipinski definition) is 3. The molecule has 1 N–H and O–H groups in total. The summed E-state index contributed by atoms with van der Waals surface area (Å²) in [5, 5.41) is 9.23. The molecule has 3 nitrogen and oxygen atoms in total. The predicted octanol–water partition coefficient (Wildman–Crippen LogP) is 2.31. The second-order valence-electron chi connectivity index (χ2n) is 3.78. The third-order valence-corrected chi connectivity index (χ3v) is 2.63. The highest BCUT2D eigenvalue weighted by Crippen LogP contribution is 2.26. The number of aromatic hydroxyl groups is 1. The van der Waals surface area contributed by atoms with Gasteiger partial charge in [-0.05, 0) is 24.6 Å². The second-order valence-corrected chi connectivity index (χ2v) is 3.78. The van der Waals surface area contributed by atoms with Crippen LogP contribution in [0.15, 0.2) is 24.3 Å². The Hall–Kier alpha value is -1.95. The molecule has 0 radical (unpaired) electrons. The van der Waals surface area contributed by atoms with Crippen molar-refractivity contribution in [2.24, 2.45) is 5.92 Å². The third kappa shape index (κ3) is 3.25. The standard InChI is InChI=1S/C14H16O3/c1-4-5-13(10(2)14(16)17-3)11-6-8-12(15)9-7-11/h6-10,13,15H,1-3H3. The Morgan fingerprint density at radius 3 is 2.41 bits per heavy atom. The van der Waals surface area contributed by atoms with E-state index in [1.165, 1.54) is 7.11 Å². The van der Waals surface area contributed by atoms with E-state index in [9.17, 15) is 9.90 Å². The van der Waals surface area contributed by atoms with Gasteiger partial charge in [-0.15, -0.1) is 5.92 Å². The average molecular weight is 232 g/mol. The first-order valence-corrected chi connectivity index (χ1v) is 5.39. The number of carbonyl (C=O) groups is 1. The average Bonchev–Trinajstić information content (AvgIpc) is 2.35. The number of benzene rings is 1. The van der Waals surface area contributed by atoms with E-state index in [-0.39, 0.29) is 23.6 Å². The molecule has 1 aromatic carbocycles. The highest BCUT2D eigenvalue weighted by atomic mass is 16.5. The molecule has 0 heterocycles. The number of hydrogen-bond donors (Lipinski definition) is 1. The van der Waals surface area contributed by atoms with Crippen LogP contribution in [0.5, 0.6) is 5.75 Å². The van der Waals surface area contributed by atoms with Gasteiger partial charge in [-0.2, -0.15) is 0 Å². The van der Waals surface area contributed by atoms with Crippen molar-refractivity contribution in [3.05, 3.63) is 29.8 Å². The summed E-state index contributed by atoms with van der Waals surface area (Å²) < 4.78 is 4.73. The van der Waals surface area contributed by atoms with Gasteiger partial charge >= 0.3 is 5.97 Å². The fraction of sp³-hybridized carbons (Fsp3) is 0.357. The molecule has 1 rings (SSSR count). The van der Waals surface area contributed by atoms with Crippen molar-refractivity contribution in [3.8, 4) is 17.6 Å². The topological polar surface area (TPSA) is 46.5 Å². The van der Waals surface area contributed by atoms with E-state index in [1.807, 2.05) is 0 Å². The molecular weight excluding hydrogens is 216 g/mol. The van der Waals surface area contributed by atoms with Crippen LogP contribution < -0.4 is 0 Å². The molecule has 0 spiro atoms. The molecule has 17 heavy (non-hydrogen) atoms. The van der Waals surface area contributed by atoms with Gasteiger partial charge in [0.05, 0.1) is 18.9 Å². The number of rotatable bonds is 3. The van der Waals surface area contributed by atoms with Crippen molar-refractivity contribution in [1.82, 2.24) is 0 Å². The van der Waals surface area contributed by atoms with Crippen LogP contribution in [0, 0.1) is 17.8 Å². The molecule has 2 unspecified atom stereocenters. The van der Waals surface area contributed by atoms with E-state index in [4.69, 9.17) is 4.74 Å². The number of phenolic OH excluding ortho intramolecular Hbond substituents is 1. The van der Waals surface area contributed by atoms with Crippen molar-refractivity contribution in [1.29, 1.82) is 0 Å². The van der Waals surface area contributed by atoms with E-state index >= 15 is 0 Å². The zero-order valence-corrected chi connectivity index (χ0v) is 10.2. The van der Waals surface area contributed by atoms with E-state index < -0.39 is 0 Å². The van der Waals surface area contributed by atoms with E-state index in [1.54, 1.807) is 38.1 Å². The minimum absolute atomic E-state index is 0.197. The highest BCUT2D eigenvalue weighted by Gasteiger charge is 2.24. The van der Waals surface area contributed by atoms with Crippen molar-refractivity contribution in [2.45, 2.75) is 19.8 Å². The Kier molecular flexibility index (Phi) is 4.59. The largest absolute Gasteiger partial charge is 0.508 e. The lowest BCUT2D eigenvalue weighted by Crippen LogP contribution is -2.19. The minimum atomic E-state index is -0.336. The van der Waals surface area contributed by atoms with Crippen LogP contribution in [0.1, 0.15) is 25.3 Å². The van der Waals surface area contributed by atoms with Crippen molar-refractivity contribution in [3.63, 3.8) is 0 Å². The highest BCUT2D eigenvalue weighted by molar-refractivity contribution is 5.74. The van der Waals surface area contributed by atoms with E-state index in [2.05, 4.69) is 11.8 Å². The Morgan fingerprint density at radius 2 is 1.94 bits per heavy atom. The summed E-state index contributed by atoms with van der Waals surface area (Å²) in [6.45, 7) is 3.52. The maximum atomic E-state index is 11.5. The molecule has 0 fully saturated rings. The van der Waals surface area contributed by atoms with Crippen molar-refractivity contribution in [2.75, 3.05) is 7.11 Å². The van der Waals surface area contributed by atoms with Crippen LogP contribution in [-0.2, 0) is 9.53 Å². The maximum absolute atomic E-state index is 11.5. The monoisotopic (exact) mass is 232 g/mol. The van der Waals surface area contributed by atoms with Crippen LogP contribution >= 0.6 is 0 Å². The molecule has 0 aliphatic carbocycles. The first-order chi connectivity index (χ1) is 8.10. The molecule has 0 amide bonds. The molecule has 3 heteroatoms. The Bertz CT molecular complexity index is 437. The number of phenols is 1. The number of esters is 1. The molecule has 0 aliphatic heterocycles. The molecule has 2 atom stereocenters. The molecular formula is C14H16O3. The van der Waals surface area contributed by atoms with Gasteiger partial charge in [-0.25, -0.2) is 0 Å². The first-order valence-electron chi connectivity index (χ1n) is 5.39. The van der Waals surface area contributed by atoms with Crippen molar-refractivity contribution >= 4 is 5.97 Å². The predicted molar refractivity (Wildman–Crippen MR) is 65.5 cm³/mol. The summed E-state index contributed by atoms with van der Waals surface area (Å²) >= 11 is 0. The summed E-state index contributed by atoms with van der Waals surface area (Å²) in [6, 6.07) is 6.71. The van der Waals surface area contributed by atoms with Gasteiger partial charge in [0.25, 0.3) is 0 Å². The first kappa shape index (κ1) is 13.1. The van der Waals surface area contributed by atoms with Gasteiger partial charge in [-0.1, -0.05) is 25.0 Å². The van der Waals surface area contributed by atoms with Crippen LogP contribution in [0.2, 0.25) is 0 Å². The summed E-state index contributed by atoms with van der Waals surface area (Å²) in [5.41, 5.74) is 0.898. The lowest BCUT2D eigenvalue weighted by molar-refractivity contribution is -0.145. The lowest BCUT2D eigenvalue weighted by Gasteiger charge is -2.17. The maximum Gasteiger partial charge on any atom is 0.309 e. The Morgan fingerprint density at radius 1 is 1.35 bits per heavy atom. The zero-order valence-electron chi connectivity index (χ0n) is 10.2. The fourth-order valence-electron chi connectivity index (χ4n) is 1.66. The molecule has 1 aromatic rings. The summed E-state index contributed by atoms with van der Waals surface area (Å²) in [4.78, 5) is 11.5. The van der Waals surface area contributed by atoms with Crippen LogP contribution in [-0.4, -0.2) is 18.2 Å². The molecule has 0 bridgehead atoms. The zero-order chi connectivity index (χ0) is 12.8. The lowest BCUT2D eigenvalue weighted by atomic mass is 9.87. The minimum Gasteiger partial charge on any atom is -0.508 e. The van der Waals surface area contributed by atoms with Gasteiger partial charge in [0.2, 0.25) is 0 Å². The molecule has 0 aromatic heterocycles. The van der Waals surface area contributed by atoms with Crippen molar-refractivity contribution < 1.29 is 14.6 Å². The number of methoxy groups -OCH3 is 1. The van der Waals surface area contributed by atoms with E-state index in [0.717, 1.165) is 5.56 Å². The Balaban J connectivity index is 3.03. The summed E-state index contributed by atoms with van der Waals surface area (Å²) in [7, 11) is 1.37.